The van der Waals surface area contributed by atoms with E-state index in [2.05, 4.69) is 4.98 Å². The first-order valence-electron chi connectivity index (χ1n) is 8.53. The van der Waals surface area contributed by atoms with Gasteiger partial charge in [-0.15, -0.1) is 0 Å². The Kier molecular flexibility index (Phi) is 6.04. The largest absolute Gasteiger partial charge is 0.375 e. The van der Waals surface area contributed by atoms with Gasteiger partial charge in [-0.2, -0.15) is 0 Å². The molecular formula is C21H20ClFN2O2. The number of carbonyl (C=O) groups is 1. The number of ether oxygens (including phenoxy) is 1. The lowest BCUT2D eigenvalue weighted by molar-refractivity contribution is -0.136. The Labute approximate surface area is 162 Å². The molecule has 27 heavy (non-hydrogen) atoms. The molecule has 0 saturated carbocycles. The summed E-state index contributed by atoms with van der Waals surface area (Å²) in [5.41, 5.74) is 3.50. The van der Waals surface area contributed by atoms with Crippen molar-refractivity contribution in [3.8, 4) is 0 Å². The highest BCUT2D eigenvalue weighted by atomic mass is 35.5. The number of amides is 1. The monoisotopic (exact) mass is 386 g/mol. The summed E-state index contributed by atoms with van der Waals surface area (Å²) in [4.78, 5) is 18.6. The maximum Gasteiger partial charge on any atom is 0.249 e. The van der Waals surface area contributed by atoms with Crippen molar-refractivity contribution in [2.24, 2.45) is 0 Å². The number of aryl methyl sites for hydroxylation is 1. The minimum atomic E-state index is -0.314. The molecule has 3 aromatic rings. The fourth-order valence-corrected chi connectivity index (χ4v) is 3.10. The Morgan fingerprint density at radius 2 is 1.89 bits per heavy atom. The minimum absolute atomic E-state index is 0.0427. The average molecular weight is 387 g/mol. The normalized spacial score (nSPS) is 11.0. The predicted molar refractivity (Wildman–Crippen MR) is 104 cm³/mol. The number of pyridine rings is 1. The molecule has 0 aliphatic carbocycles. The number of hydrogen-bond donors (Lipinski definition) is 0. The molecule has 0 saturated heterocycles. The molecule has 2 aromatic carbocycles. The van der Waals surface area contributed by atoms with Gasteiger partial charge in [0.1, 0.15) is 17.6 Å². The molecule has 6 heteroatoms. The van der Waals surface area contributed by atoms with Gasteiger partial charge >= 0.3 is 0 Å². The van der Waals surface area contributed by atoms with E-state index in [0.717, 1.165) is 27.6 Å². The molecule has 0 radical (unpaired) electrons. The molecule has 0 bridgehead atoms. The first-order valence-corrected chi connectivity index (χ1v) is 8.91. The van der Waals surface area contributed by atoms with Crippen molar-refractivity contribution in [1.82, 2.24) is 9.88 Å². The first-order chi connectivity index (χ1) is 13.0. The number of nitrogens with zero attached hydrogens (tertiary/aromatic N) is 2. The van der Waals surface area contributed by atoms with E-state index < -0.39 is 0 Å². The van der Waals surface area contributed by atoms with E-state index in [0.29, 0.717) is 11.7 Å². The lowest BCUT2D eigenvalue weighted by Gasteiger charge is -2.23. The van der Waals surface area contributed by atoms with E-state index >= 15 is 0 Å². The van der Waals surface area contributed by atoms with Gasteiger partial charge in [0.25, 0.3) is 0 Å². The van der Waals surface area contributed by atoms with Crippen LogP contribution in [0.15, 0.2) is 48.5 Å². The van der Waals surface area contributed by atoms with Crippen molar-refractivity contribution in [3.63, 3.8) is 0 Å². The number of rotatable bonds is 6. The van der Waals surface area contributed by atoms with Gasteiger partial charge in [-0.05, 0) is 42.8 Å². The molecule has 1 heterocycles. The van der Waals surface area contributed by atoms with Gasteiger partial charge in [-0.3, -0.25) is 4.79 Å². The second kappa shape index (κ2) is 8.46. The van der Waals surface area contributed by atoms with Crippen LogP contribution in [0.1, 0.15) is 16.7 Å². The van der Waals surface area contributed by atoms with Crippen LogP contribution in [-0.2, 0) is 22.6 Å². The SMILES string of the molecule is COCC(=O)N(Cc1ccc(F)cc1)Cc1cc2cc(C)ccc2nc1Cl. The summed E-state index contributed by atoms with van der Waals surface area (Å²) in [6, 6.07) is 14.0. The van der Waals surface area contributed by atoms with Gasteiger partial charge < -0.3 is 9.64 Å². The number of hydrogen-bond acceptors (Lipinski definition) is 3. The minimum Gasteiger partial charge on any atom is -0.375 e. The zero-order valence-electron chi connectivity index (χ0n) is 15.2. The first kappa shape index (κ1) is 19.3. The summed E-state index contributed by atoms with van der Waals surface area (Å²) in [5, 5.41) is 1.33. The fraction of sp³-hybridized carbons (Fsp3) is 0.238. The summed E-state index contributed by atoms with van der Waals surface area (Å²) in [6.45, 7) is 2.58. The van der Waals surface area contributed by atoms with Crippen molar-refractivity contribution >= 4 is 28.4 Å². The van der Waals surface area contributed by atoms with E-state index in [1.165, 1.54) is 19.2 Å². The molecule has 0 fully saturated rings. The van der Waals surface area contributed by atoms with Gasteiger partial charge in [-0.1, -0.05) is 35.4 Å². The van der Waals surface area contributed by atoms with Crippen molar-refractivity contribution in [1.29, 1.82) is 0 Å². The average Bonchev–Trinajstić information content (AvgIpc) is 2.64. The molecule has 0 spiro atoms. The summed E-state index contributed by atoms with van der Waals surface area (Å²) in [7, 11) is 1.47. The molecule has 0 atom stereocenters. The molecule has 3 rings (SSSR count). The topological polar surface area (TPSA) is 42.4 Å². The van der Waals surface area contributed by atoms with Crippen LogP contribution in [0.4, 0.5) is 4.39 Å². The van der Waals surface area contributed by atoms with Gasteiger partial charge in [0, 0.05) is 31.1 Å². The molecular weight excluding hydrogens is 367 g/mol. The van der Waals surface area contributed by atoms with Crippen molar-refractivity contribution in [2.45, 2.75) is 20.0 Å². The molecule has 4 nitrogen and oxygen atoms in total. The third-order valence-electron chi connectivity index (χ3n) is 4.26. The summed E-state index contributed by atoms with van der Waals surface area (Å²) in [6.07, 6.45) is 0. The Bertz CT molecular complexity index is 960. The molecule has 0 aliphatic rings. The summed E-state index contributed by atoms with van der Waals surface area (Å²) in [5.74, 6) is -0.493. The smallest absolute Gasteiger partial charge is 0.249 e. The van der Waals surface area contributed by atoms with E-state index in [1.807, 2.05) is 31.2 Å². The van der Waals surface area contributed by atoms with Crippen LogP contribution < -0.4 is 0 Å². The lowest BCUT2D eigenvalue weighted by atomic mass is 10.1. The highest BCUT2D eigenvalue weighted by molar-refractivity contribution is 6.30. The van der Waals surface area contributed by atoms with Crippen molar-refractivity contribution in [3.05, 3.63) is 76.2 Å². The summed E-state index contributed by atoms with van der Waals surface area (Å²) >= 11 is 6.36. The van der Waals surface area contributed by atoms with Gasteiger partial charge in [0.05, 0.1) is 5.52 Å². The Hall–Kier alpha value is -2.50. The van der Waals surface area contributed by atoms with Gasteiger partial charge in [-0.25, -0.2) is 9.37 Å². The number of halogens is 2. The molecule has 140 valence electrons. The molecule has 0 aliphatic heterocycles. The van der Waals surface area contributed by atoms with E-state index in [9.17, 15) is 9.18 Å². The van der Waals surface area contributed by atoms with Crippen molar-refractivity contribution in [2.75, 3.05) is 13.7 Å². The molecule has 1 amide bonds. The van der Waals surface area contributed by atoms with Crippen LogP contribution in [0.2, 0.25) is 5.15 Å². The fourth-order valence-electron chi connectivity index (χ4n) is 2.89. The standard InChI is InChI=1S/C21H20ClFN2O2/c1-14-3-8-19-16(9-14)10-17(21(22)24-19)12-25(20(26)13-27-2)11-15-4-6-18(23)7-5-15/h3-10H,11-13H2,1-2H3. The summed E-state index contributed by atoms with van der Waals surface area (Å²) < 4.78 is 18.2. The number of methoxy groups -OCH3 is 1. The maximum absolute atomic E-state index is 13.2. The second-order valence-electron chi connectivity index (χ2n) is 6.44. The lowest BCUT2D eigenvalue weighted by Crippen LogP contribution is -2.33. The van der Waals surface area contributed by atoms with Crippen LogP contribution in [0.3, 0.4) is 0 Å². The van der Waals surface area contributed by atoms with E-state index in [1.54, 1.807) is 17.0 Å². The Morgan fingerprint density at radius 3 is 2.59 bits per heavy atom. The molecule has 1 aromatic heterocycles. The second-order valence-corrected chi connectivity index (χ2v) is 6.80. The Morgan fingerprint density at radius 1 is 1.15 bits per heavy atom. The highest BCUT2D eigenvalue weighted by Crippen LogP contribution is 2.23. The van der Waals surface area contributed by atoms with Gasteiger partial charge in [0.2, 0.25) is 5.91 Å². The number of aromatic nitrogens is 1. The van der Waals surface area contributed by atoms with E-state index in [-0.39, 0.29) is 24.9 Å². The maximum atomic E-state index is 13.2. The third kappa shape index (κ3) is 4.81. The Balaban J connectivity index is 1.90. The van der Waals surface area contributed by atoms with Crippen LogP contribution >= 0.6 is 11.6 Å². The molecule has 0 N–H and O–H groups in total. The van der Waals surface area contributed by atoms with Crippen LogP contribution in [0.5, 0.6) is 0 Å². The molecule has 0 unspecified atom stereocenters. The zero-order chi connectivity index (χ0) is 19.4. The van der Waals surface area contributed by atoms with Crippen LogP contribution in [0.25, 0.3) is 10.9 Å². The predicted octanol–water partition coefficient (Wildman–Crippen LogP) is 4.51. The number of fused-ring (bicyclic) bond motifs is 1. The van der Waals surface area contributed by atoms with E-state index in [4.69, 9.17) is 16.3 Å². The number of benzene rings is 2. The van der Waals surface area contributed by atoms with Gasteiger partial charge in [0.15, 0.2) is 0 Å². The van der Waals surface area contributed by atoms with Crippen LogP contribution in [-0.4, -0.2) is 29.5 Å². The third-order valence-corrected chi connectivity index (χ3v) is 4.59. The van der Waals surface area contributed by atoms with Crippen LogP contribution in [0, 0.1) is 12.7 Å². The number of carbonyl (C=O) groups excluding carboxylic acids is 1. The highest BCUT2D eigenvalue weighted by Gasteiger charge is 2.17. The van der Waals surface area contributed by atoms with Crippen molar-refractivity contribution < 1.29 is 13.9 Å². The quantitative estimate of drug-likeness (QED) is 0.585. The zero-order valence-corrected chi connectivity index (χ0v) is 16.0.